The van der Waals surface area contributed by atoms with Crippen LogP contribution in [0.1, 0.15) is 44.8 Å². The van der Waals surface area contributed by atoms with E-state index in [4.69, 9.17) is 0 Å². The number of urea groups is 1. The van der Waals surface area contributed by atoms with Gasteiger partial charge in [0.05, 0.1) is 11.7 Å². The topological polar surface area (TPSA) is 54.0 Å². The lowest BCUT2D eigenvalue weighted by atomic mass is 10.0. The van der Waals surface area contributed by atoms with Gasteiger partial charge in [0, 0.05) is 17.5 Å². The van der Waals surface area contributed by atoms with E-state index in [1.54, 1.807) is 6.20 Å². The Bertz CT molecular complexity index is 452. The molecule has 0 aliphatic heterocycles. The summed E-state index contributed by atoms with van der Waals surface area (Å²) in [4.78, 5) is 16.6. The van der Waals surface area contributed by atoms with Crippen LogP contribution in [-0.2, 0) is 0 Å². The van der Waals surface area contributed by atoms with E-state index in [1.807, 2.05) is 30.0 Å². The molecule has 5 heteroatoms. The van der Waals surface area contributed by atoms with Gasteiger partial charge in [0.15, 0.2) is 0 Å². The number of nitrogens with zero attached hydrogens (tertiary/aromatic N) is 1. The molecule has 2 rings (SSSR count). The monoisotopic (exact) mass is 307 g/mol. The fourth-order valence-electron chi connectivity index (χ4n) is 2.80. The Hall–Kier alpha value is -1.23. The predicted molar refractivity (Wildman–Crippen MR) is 88.4 cm³/mol. The largest absolute Gasteiger partial charge is 0.335 e. The fourth-order valence-corrected chi connectivity index (χ4v) is 3.59. The molecule has 0 saturated heterocycles. The third-order valence-corrected chi connectivity index (χ3v) is 5.11. The number of carbonyl (C=O) groups is 1. The molecule has 1 aromatic rings. The van der Waals surface area contributed by atoms with Gasteiger partial charge in [0.25, 0.3) is 0 Å². The highest BCUT2D eigenvalue weighted by atomic mass is 32.2. The van der Waals surface area contributed by atoms with E-state index in [0.29, 0.717) is 17.2 Å². The van der Waals surface area contributed by atoms with Crippen molar-refractivity contribution in [2.45, 2.75) is 50.4 Å². The van der Waals surface area contributed by atoms with Gasteiger partial charge in [0.2, 0.25) is 0 Å². The van der Waals surface area contributed by atoms with Gasteiger partial charge in [-0.2, -0.15) is 11.8 Å². The molecule has 4 nitrogen and oxygen atoms in total. The molecule has 116 valence electrons. The summed E-state index contributed by atoms with van der Waals surface area (Å²) in [6.45, 7) is 4.19. The molecule has 2 N–H and O–H groups in total. The van der Waals surface area contributed by atoms with Crippen LogP contribution >= 0.6 is 11.8 Å². The van der Waals surface area contributed by atoms with Crippen molar-refractivity contribution >= 4 is 17.8 Å². The minimum Gasteiger partial charge on any atom is -0.335 e. The van der Waals surface area contributed by atoms with Crippen LogP contribution < -0.4 is 10.6 Å². The molecule has 1 fully saturated rings. The third kappa shape index (κ3) is 4.63. The van der Waals surface area contributed by atoms with Crippen LogP contribution in [0.5, 0.6) is 0 Å². The van der Waals surface area contributed by atoms with Gasteiger partial charge in [-0.25, -0.2) is 4.79 Å². The standard InChI is InChI=1S/C16H25N3OS/c1-11(2)15(14-6-4-5-9-17-14)19-16(20)18-12-7-8-13(10-12)21-3/h4-6,9,11-13,15H,7-8,10H2,1-3H3,(H2,18,19,20). The van der Waals surface area contributed by atoms with Gasteiger partial charge < -0.3 is 10.6 Å². The first kappa shape index (κ1) is 16.1. The number of nitrogens with one attached hydrogen (secondary N) is 2. The Morgan fingerprint density at radius 3 is 2.76 bits per heavy atom. The van der Waals surface area contributed by atoms with E-state index in [1.165, 1.54) is 6.42 Å². The lowest BCUT2D eigenvalue weighted by Crippen LogP contribution is -2.44. The predicted octanol–water partition coefficient (Wildman–Crippen LogP) is 3.36. The average Bonchev–Trinajstić information content (AvgIpc) is 2.93. The first-order valence-electron chi connectivity index (χ1n) is 7.61. The number of pyridine rings is 1. The summed E-state index contributed by atoms with van der Waals surface area (Å²) in [5, 5.41) is 6.87. The van der Waals surface area contributed by atoms with Crippen LogP contribution in [0, 0.1) is 5.92 Å². The first-order valence-corrected chi connectivity index (χ1v) is 8.89. The molecular formula is C16H25N3OS. The summed E-state index contributed by atoms with van der Waals surface area (Å²) in [7, 11) is 0. The Kier molecular flexibility index (Phi) is 5.91. The summed E-state index contributed by atoms with van der Waals surface area (Å²) in [5.41, 5.74) is 0.913. The van der Waals surface area contributed by atoms with E-state index >= 15 is 0 Å². The Labute approximate surface area is 131 Å². The zero-order valence-electron chi connectivity index (χ0n) is 13.0. The van der Waals surface area contributed by atoms with Gasteiger partial charge in [-0.15, -0.1) is 0 Å². The van der Waals surface area contributed by atoms with Gasteiger partial charge >= 0.3 is 6.03 Å². The zero-order chi connectivity index (χ0) is 15.2. The summed E-state index contributed by atoms with van der Waals surface area (Å²) in [5.74, 6) is 0.299. The van der Waals surface area contributed by atoms with E-state index in [-0.39, 0.29) is 12.1 Å². The normalized spacial score (nSPS) is 23.0. The van der Waals surface area contributed by atoms with Crippen molar-refractivity contribution in [2.75, 3.05) is 6.26 Å². The number of hydrogen-bond acceptors (Lipinski definition) is 3. The lowest BCUT2D eigenvalue weighted by molar-refractivity contribution is 0.229. The Balaban J connectivity index is 1.90. The molecule has 3 atom stereocenters. The van der Waals surface area contributed by atoms with Crippen LogP contribution in [0.4, 0.5) is 4.79 Å². The van der Waals surface area contributed by atoms with Crippen LogP contribution in [0.2, 0.25) is 0 Å². The molecular weight excluding hydrogens is 282 g/mol. The molecule has 3 unspecified atom stereocenters. The minimum absolute atomic E-state index is 0.0519. The van der Waals surface area contributed by atoms with Gasteiger partial charge in [-0.3, -0.25) is 4.98 Å². The zero-order valence-corrected chi connectivity index (χ0v) is 13.8. The van der Waals surface area contributed by atoms with E-state index in [2.05, 4.69) is 35.7 Å². The Morgan fingerprint density at radius 2 is 2.19 bits per heavy atom. The van der Waals surface area contributed by atoms with Crippen molar-refractivity contribution in [1.29, 1.82) is 0 Å². The lowest BCUT2D eigenvalue weighted by Gasteiger charge is -2.23. The van der Waals surface area contributed by atoms with E-state index in [9.17, 15) is 4.79 Å². The fraction of sp³-hybridized carbons (Fsp3) is 0.625. The second-order valence-electron chi connectivity index (χ2n) is 5.96. The summed E-state index contributed by atoms with van der Waals surface area (Å²) in [6, 6.07) is 5.98. The number of amides is 2. The summed E-state index contributed by atoms with van der Waals surface area (Å²) in [6.07, 6.45) is 7.26. The quantitative estimate of drug-likeness (QED) is 0.877. The first-order chi connectivity index (χ1) is 10.1. The van der Waals surface area contributed by atoms with Crippen LogP contribution in [0.25, 0.3) is 0 Å². The smallest absolute Gasteiger partial charge is 0.315 e. The third-order valence-electron chi connectivity index (χ3n) is 4.01. The number of hydrogen-bond donors (Lipinski definition) is 2. The van der Waals surface area contributed by atoms with Crippen LogP contribution in [0.3, 0.4) is 0 Å². The molecule has 0 aromatic carbocycles. The van der Waals surface area contributed by atoms with Crippen LogP contribution in [0.15, 0.2) is 24.4 Å². The summed E-state index contributed by atoms with van der Waals surface area (Å²) < 4.78 is 0. The number of thioether (sulfide) groups is 1. The molecule has 0 spiro atoms. The molecule has 1 heterocycles. The van der Waals surface area contributed by atoms with Crippen molar-refractivity contribution in [3.63, 3.8) is 0 Å². The molecule has 21 heavy (non-hydrogen) atoms. The molecule has 0 radical (unpaired) electrons. The molecule has 0 bridgehead atoms. The number of carbonyl (C=O) groups excluding carboxylic acids is 1. The van der Waals surface area contributed by atoms with Crippen molar-refractivity contribution in [2.24, 2.45) is 5.92 Å². The van der Waals surface area contributed by atoms with Crippen molar-refractivity contribution in [3.8, 4) is 0 Å². The number of aromatic nitrogens is 1. The highest BCUT2D eigenvalue weighted by Gasteiger charge is 2.26. The Morgan fingerprint density at radius 1 is 1.38 bits per heavy atom. The SMILES string of the molecule is CSC1CCC(NC(=O)NC(c2ccccn2)C(C)C)C1. The highest BCUT2D eigenvalue weighted by molar-refractivity contribution is 7.99. The van der Waals surface area contributed by atoms with E-state index < -0.39 is 0 Å². The molecule has 2 amide bonds. The van der Waals surface area contributed by atoms with Crippen molar-refractivity contribution < 1.29 is 4.79 Å². The average molecular weight is 307 g/mol. The molecule has 1 aliphatic rings. The van der Waals surface area contributed by atoms with Crippen LogP contribution in [-0.4, -0.2) is 28.6 Å². The van der Waals surface area contributed by atoms with E-state index in [0.717, 1.165) is 18.5 Å². The second-order valence-corrected chi connectivity index (χ2v) is 7.10. The maximum absolute atomic E-state index is 12.2. The van der Waals surface area contributed by atoms with Gasteiger partial charge in [0.1, 0.15) is 0 Å². The second kappa shape index (κ2) is 7.69. The minimum atomic E-state index is -0.0777. The maximum atomic E-state index is 12.2. The number of rotatable bonds is 5. The van der Waals surface area contributed by atoms with Crippen molar-refractivity contribution in [3.05, 3.63) is 30.1 Å². The highest BCUT2D eigenvalue weighted by Crippen LogP contribution is 2.28. The van der Waals surface area contributed by atoms with Gasteiger partial charge in [-0.05, 0) is 43.6 Å². The van der Waals surface area contributed by atoms with Crippen molar-refractivity contribution in [1.82, 2.24) is 15.6 Å². The van der Waals surface area contributed by atoms with Gasteiger partial charge in [-0.1, -0.05) is 19.9 Å². The summed E-state index contributed by atoms with van der Waals surface area (Å²) >= 11 is 1.90. The molecule has 1 aliphatic carbocycles. The maximum Gasteiger partial charge on any atom is 0.315 e. The molecule has 1 aromatic heterocycles. The molecule has 1 saturated carbocycles.